The van der Waals surface area contributed by atoms with Gasteiger partial charge in [-0.15, -0.1) is 0 Å². The van der Waals surface area contributed by atoms with Crippen LogP contribution in [-0.4, -0.2) is 30.3 Å². The molecule has 4 nitrogen and oxygen atoms in total. The number of nitrogens with zero attached hydrogens (tertiary/aromatic N) is 2. The van der Waals surface area contributed by atoms with Crippen LogP contribution in [0.15, 0.2) is 12.1 Å². The topological polar surface area (TPSA) is 51.4 Å². The summed E-state index contributed by atoms with van der Waals surface area (Å²) in [6.45, 7) is 2.06. The molecule has 1 saturated heterocycles. The van der Waals surface area contributed by atoms with Gasteiger partial charge in [-0.1, -0.05) is 24.4 Å². The first-order valence-corrected chi connectivity index (χ1v) is 7.41. The van der Waals surface area contributed by atoms with Crippen molar-refractivity contribution in [2.24, 2.45) is 5.73 Å². The largest absolute Gasteiger partial charge is 0.374 e. The van der Waals surface area contributed by atoms with E-state index in [9.17, 15) is 0 Å². The van der Waals surface area contributed by atoms with Crippen molar-refractivity contribution in [1.29, 1.82) is 0 Å². The van der Waals surface area contributed by atoms with Crippen molar-refractivity contribution in [3.05, 3.63) is 22.8 Å². The summed E-state index contributed by atoms with van der Waals surface area (Å²) < 4.78 is 5.89. The molecule has 1 aromatic rings. The molecule has 0 bridgehead atoms. The third kappa shape index (κ3) is 2.57. The van der Waals surface area contributed by atoms with Crippen LogP contribution in [0.2, 0.25) is 5.02 Å². The molecule has 1 aromatic heterocycles. The zero-order valence-electron chi connectivity index (χ0n) is 11.0. The maximum atomic E-state index is 6.09. The monoisotopic (exact) mass is 281 g/mol. The van der Waals surface area contributed by atoms with E-state index in [0.29, 0.717) is 23.7 Å². The molecule has 5 heteroatoms. The molecule has 19 heavy (non-hydrogen) atoms. The number of anilines is 1. The molecule has 1 aliphatic carbocycles. The Balaban J connectivity index is 1.87. The maximum Gasteiger partial charge on any atom is 0.129 e. The molecule has 2 fully saturated rings. The van der Waals surface area contributed by atoms with Gasteiger partial charge in [0.1, 0.15) is 5.82 Å². The molecule has 2 heterocycles. The van der Waals surface area contributed by atoms with E-state index in [1.807, 2.05) is 12.1 Å². The number of ether oxygens (including phenoxy) is 1. The van der Waals surface area contributed by atoms with E-state index < -0.39 is 0 Å². The van der Waals surface area contributed by atoms with E-state index in [4.69, 9.17) is 22.1 Å². The van der Waals surface area contributed by atoms with Gasteiger partial charge >= 0.3 is 0 Å². The van der Waals surface area contributed by atoms with Gasteiger partial charge in [0.2, 0.25) is 0 Å². The van der Waals surface area contributed by atoms with Crippen LogP contribution < -0.4 is 10.6 Å². The summed E-state index contributed by atoms with van der Waals surface area (Å²) in [5.41, 5.74) is 6.47. The Morgan fingerprint density at radius 1 is 1.37 bits per heavy atom. The first-order valence-electron chi connectivity index (χ1n) is 7.03. The molecule has 1 saturated carbocycles. The number of hydrogen-bond acceptors (Lipinski definition) is 4. The highest BCUT2D eigenvalue weighted by atomic mass is 35.5. The average molecular weight is 282 g/mol. The van der Waals surface area contributed by atoms with Crippen LogP contribution in [-0.2, 0) is 11.3 Å². The minimum absolute atomic E-state index is 0.362. The van der Waals surface area contributed by atoms with Gasteiger partial charge in [0.25, 0.3) is 0 Å². The second kappa shape index (κ2) is 5.65. The average Bonchev–Trinajstić information content (AvgIpc) is 2.47. The van der Waals surface area contributed by atoms with Crippen LogP contribution in [0.4, 0.5) is 5.82 Å². The van der Waals surface area contributed by atoms with Crippen molar-refractivity contribution < 1.29 is 4.74 Å². The second-order valence-corrected chi connectivity index (χ2v) is 5.66. The number of fused-ring (bicyclic) bond motifs is 1. The SMILES string of the molecule is NCc1nc(N2CCOC3CCCCC32)ccc1Cl. The van der Waals surface area contributed by atoms with Gasteiger partial charge < -0.3 is 15.4 Å². The van der Waals surface area contributed by atoms with E-state index in [-0.39, 0.29) is 0 Å². The summed E-state index contributed by atoms with van der Waals surface area (Å²) in [5.74, 6) is 0.991. The molecule has 0 radical (unpaired) electrons. The fourth-order valence-corrected chi connectivity index (χ4v) is 3.34. The summed E-state index contributed by atoms with van der Waals surface area (Å²) in [6.07, 6.45) is 5.27. The van der Waals surface area contributed by atoms with Crippen LogP contribution in [0.25, 0.3) is 0 Å². The third-order valence-electron chi connectivity index (χ3n) is 4.12. The van der Waals surface area contributed by atoms with Gasteiger partial charge in [0.05, 0.1) is 29.5 Å². The number of pyridine rings is 1. The molecular formula is C14H20ClN3O. The van der Waals surface area contributed by atoms with Crippen molar-refractivity contribution in [1.82, 2.24) is 4.98 Å². The van der Waals surface area contributed by atoms with Crippen molar-refractivity contribution >= 4 is 17.4 Å². The quantitative estimate of drug-likeness (QED) is 0.904. The van der Waals surface area contributed by atoms with Crippen LogP contribution in [0.1, 0.15) is 31.4 Å². The number of rotatable bonds is 2. The first-order chi connectivity index (χ1) is 9.29. The van der Waals surface area contributed by atoms with Crippen LogP contribution in [0, 0.1) is 0 Å². The van der Waals surface area contributed by atoms with Crippen molar-refractivity contribution in [2.75, 3.05) is 18.1 Å². The lowest BCUT2D eigenvalue weighted by molar-refractivity contribution is -0.00899. The fourth-order valence-electron chi connectivity index (χ4n) is 3.16. The molecule has 2 aliphatic rings. The van der Waals surface area contributed by atoms with Crippen molar-refractivity contribution in [3.63, 3.8) is 0 Å². The van der Waals surface area contributed by atoms with Crippen molar-refractivity contribution in [3.8, 4) is 0 Å². The van der Waals surface area contributed by atoms with E-state index in [0.717, 1.165) is 24.7 Å². The zero-order chi connectivity index (χ0) is 13.2. The molecule has 2 N–H and O–H groups in total. The molecule has 2 unspecified atom stereocenters. The highest BCUT2D eigenvalue weighted by Crippen LogP contribution is 2.31. The van der Waals surface area contributed by atoms with Gasteiger partial charge in [-0.3, -0.25) is 0 Å². The summed E-state index contributed by atoms with van der Waals surface area (Å²) in [4.78, 5) is 7.00. The Bertz CT molecular complexity index is 452. The van der Waals surface area contributed by atoms with Crippen LogP contribution >= 0.6 is 11.6 Å². The van der Waals surface area contributed by atoms with Crippen LogP contribution in [0.3, 0.4) is 0 Å². The fraction of sp³-hybridized carbons (Fsp3) is 0.643. The highest BCUT2D eigenvalue weighted by Gasteiger charge is 2.34. The molecule has 0 spiro atoms. The zero-order valence-corrected chi connectivity index (χ0v) is 11.8. The van der Waals surface area contributed by atoms with Gasteiger partial charge in [0, 0.05) is 13.1 Å². The minimum atomic E-state index is 0.362. The number of hydrogen-bond donors (Lipinski definition) is 1. The molecular weight excluding hydrogens is 262 g/mol. The first kappa shape index (κ1) is 13.2. The Morgan fingerprint density at radius 3 is 3.05 bits per heavy atom. The van der Waals surface area contributed by atoms with E-state index in [1.54, 1.807) is 0 Å². The second-order valence-electron chi connectivity index (χ2n) is 5.26. The van der Waals surface area contributed by atoms with E-state index >= 15 is 0 Å². The Morgan fingerprint density at radius 2 is 2.21 bits per heavy atom. The smallest absolute Gasteiger partial charge is 0.129 e. The molecule has 0 aromatic carbocycles. The van der Waals surface area contributed by atoms with Crippen molar-refractivity contribution in [2.45, 2.75) is 44.4 Å². The molecule has 3 rings (SSSR count). The van der Waals surface area contributed by atoms with E-state index in [1.165, 1.54) is 25.7 Å². The van der Waals surface area contributed by atoms with Gasteiger partial charge in [0.15, 0.2) is 0 Å². The standard InChI is InChI=1S/C14H20ClN3O/c15-10-5-6-14(17-11(10)9-16)18-7-8-19-13-4-2-1-3-12(13)18/h5-6,12-13H,1-4,7-9,16H2. The predicted octanol–water partition coefficient (Wildman–Crippen LogP) is 2.34. The summed E-state index contributed by atoms with van der Waals surface area (Å²) in [7, 11) is 0. The molecule has 1 aliphatic heterocycles. The minimum Gasteiger partial charge on any atom is -0.374 e. The number of aromatic nitrogens is 1. The summed E-state index contributed by atoms with van der Waals surface area (Å²) >= 11 is 6.09. The maximum absolute atomic E-state index is 6.09. The highest BCUT2D eigenvalue weighted by molar-refractivity contribution is 6.31. The normalized spacial score (nSPS) is 27.2. The molecule has 0 amide bonds. The summed E-state index contributed by atoms with van der Waals surface area (Å²) in [6, 6.07) is 4.36. The lowest BCUT2D eigenvalue weighted by Gasteiger charge is -2.44. The van der Waals surface area contributed by atoms with Gasteiger partial charge in [-0.2, -0.15) is 0 Å². The Hall–Kier alpha value is -0.840. The van der Waals surface area contributed by atoms with Crippen LogP contribution in [0.5, 0.6) is 0 Å². The number of halogens is 1. The number of morpholine rings is 1. The Labute approximate surface area is 118 Å². The van der Waals surface area contributed by atoms with E-state index in [2.05, 4.69) is 9.88 Å². The number of nitrogens with two attached hydrogens (primary N) is 1. The third-order valence-corrected chi connectivity index (χ3v) is 4.47. The summed E-state index contributed by atoms with van der Waals surface area (Å²) in [5, 5.41) is 0.653. The predicted molar refractivity (Wildman–Crippen MR) is 76.5 cm³/mol. The van der Waals surface area contributed by atoms with Gasteiger partial charge in [-0.25, -0.2) is 4.98 Å². The lowest BCUT2D eigenvalue weighted by Crippen LogP contribution is -2.53. The molecule has 2 atom stereocenters. The van der Waals surface area contributed by atoms with Gasteiger partial charge in [-0.05, 0) is 25.0 Å². The molecule has 104 valence electrons. The lowest BCUT2D eigenvalue weighted by atomic mass is 9.90. The Kier molecular flexibility index (Phi) is 3.91.